The van der Waals surface area contributed by atoms with E-state index in [1.54, 1.807) is 7.11 Å². The number of halogens is 2. The van der Waals surface area contributed by atoms with E-state index in [-0.39, 0.29) is 42.7 Å². The lowest BCUT2D eigenvalue weighted by Gasteiger charge is -2.30. The molecule has 1 aromatic carbocycles. The molecule has 2 heterocycles. The Bertz CT molecular complexity index is 547. The Hall–Kier alpha value is -1.01. The minimum atomic E-state index is 0. The Morgan fingerprint density at radius 2 is 2.00 bits per heavy atom. The Kier molecular flexibility index (Phi) is 10.3. The molecule has 2 unspecified atom stereocenters. The molecule has 2 aliphatic rings. The molecule has 2 fully saturated rings. The van der Waals surface area contributed by atoms with Gasteiger partial charge in [-0.05, 0) is 51.4 Å². The van der Waals surface area contributed by atoms with Crippen LogP contribution in [0.3, 0.4) is 0 Å². The van der Waals surface area contributed by atoms with Gasteiger partial charge in [0.25, 0.3) is 0 Å². The van der Waals surface area contributed by atoms with Crippen LogP contribution >= 0.6 is 24.8 Å². The van der Waals surface area contributed by atoms with Gasteiger partial charge in [-0.2, -0.15) is 0 Å². The molecule has 3 rings (SSSR count). The highest BCUT2D eigenvalue weighted by Crippen LogP contribution is 2.31. The van der Waals surface area contributed by atoms with Crippen LogP contribution in [0, 0.1) is 5.92 Å². The van der Waals surface area contributed by atoms with Gasteiger partial charge in [0.15, 0.2) is 0 Å². The summed E-state index contributed by atoms with van der Waals surface area (Å²) in [6.07, 6.45) is 4.53. The van der Waals surface area contributed by atoms with Gasteiger partial charge in [0.2, 0.25) is 5.91 Å². The summed E-state index contributed by atoms with van der Waals surface area (Å²) in [5, 5.41) is 6.52. The topological polar surface area (TPSA) is 53.6 Å². The van der Waals surface area contributed by atoms with Gasteiger partial charge in [-0.3, -0.25) is 9.69 Å². The number of ether oxygens (including phenoxy) is 1. The van der Waals surface area contributed by atoms with Crippen molar-refractivity contribution in [3.8, 4) is 5.75 Å². The summed E-state index contributed by atoms with van der Waals surface area (Å²) in [4.78, 5) is 15.0. The maximum atomic E-state index is 12.5. The van der Waals surface area contributed by atoms with Crippen molar-refractivity contribution < 1.29 is 9.53 Å². The number of carbonyl (C=O) groups is 1. The Balaban J connectivity index is 0.00000169. The smallest absolute Gasteiger partial charge is 0.224 e. The van der Waals surface area contributed by atoms with Gasteiger partial charge in [-0.25, -0.2) is 0 Å². The minimum Gasteiger partial charge on any atom is -0.496 e. The molecule has 0 saturated carbocycles. The lowest BCUT2D eigenvalue weighted by Crippen LogP contribution is -2.43. The maximum Gasteiger partial charge on any atom is 0.224 e. The number of nitrogens with one attached hydrogen (secondary N) is 2. The summed E-state index contributed by atoms with van der Waals surface area (Å²) in [7, 11) is 1.71. The molecule has 5 nitrogen and oxygen atoms in total. The van der Waals surface area contributed by atoms with E-state index in [2.05, 4.69) is 21.6 Å². The van der Waals surface area contributed by atoms with E-state index < -0.39 is 0 Å². The van der Waals surface area contributed by atoms with Gasteiger partial charge in [0.1, 0.15) is 5.75 Å². The molecule has 1 aromatic rings. The largest absolute Gasteiger partial charge is 0.496 e. The Morgan fingerprint density at radius 3 is 2.65 bits per heavy atom. The summed E-state index contributed by atoms with van der Waals surface area (Å²) < 4.78 is 5.56. The van der Waals surface area contributed by atoms with E-state index in [0.717, 1.165) is 44.8 Å². The number of nitrogens with zero attached hydrogens (tertiary/aromatic N) is 1. The lowest BCUT2D eigenvalue weighted by molar-refractivity contribution is -0.125. The number of methoxy groups -OCH3 is 1. The fourth-order valence-electron chi connectivity index (χ4n) is 3.85. The molecule has 2 aliphatic heterocycles. The first-order chi connectivity index (χ1) is 11.8. The standard InChI is InChI=1S/C19H29N3O2.2ClH/c1-24-18-9-3-2-8-16(18)17(22-11-4-5-12-22)14-21-19(23)15-7-6-10-20-13-15;;/h2-3,8-9,15,17,20H,4-7,10-14H2,1H3,(H,21,23);2*1H. The van der Waals surface area contributed by atoms with Crippen LogP contribution in [-0.2, 0) is 4.79 Å². The first-order valence-electron chi connectivity index (χ1n) is 9.15. The number of para-hydroxylation sites is 1. The average molecular weight is 404 g/mol. The van der Waals surface area contributed by atoms with Crippen molar-refractivity contribution >= 4 is 30.7 Å². The van der Waals surface area contributed by atoms with Crippen LogP contribution in [0.5, 0.6) is 5.75 Å². The van der Waals surface area contributed by atoms with E-state index in [1.807, 2.05) is 18.2 Å². The van der Waals surface area contributed by atoms with Crippen molar-refractivity contribution in [2.24, 2.45) is 5.92 Å². The lowest BCUT2D eigenvalue weighted by atomic mass is 9.98. The highest BCUT2D eigenvalue weighted by Gasteiger charge is 2.28. The molecular formula is C19H31Cl2N3O2. The number of carbonyl (C=O) groups excluding carboxylic acids is 1. The van der Waals surface area contributed by atoms with E-state index in [0.29, 0.717) is 6.54 Å². The van der Waals surface area contributed by atoms with Crippen molar-refractivity contribution in [1.29, 1.82) is 0 Å². The summed E-state index contributed by atoms with van der Waals surface area (Å²) in [6.45, 7) is 4.65. The van der Waals surface area contributed by atoms with Crippen LogP contribution in [-0.4, -0.2) is 50.6 Å². The second kappa shape index (κ2) is 11.7. The van der Waals surface area contributed by atoms with Gasteiger partial charge in [-0.15, -0.1) is 24.8 Å². The Labute approximate surface area is 169 Å². The van der Waals surface area contributed by atoms with Gasteiger partial charge < -0.3 is 15.4 Å². The highest BCUT2D eigenvalue weighted by atomic mass is 35.5. The van der Waals surface area contributed by atoms with Crippen LogP contribution in [0.15, 0.2) is 24.3 Å². The van der Waals surface area contributed by atoms with Crippen LogP contribution in [0.2, 0.25) is 0 Å². The molecular weight excluding hydrogens is 373 g/mol. The molecule has 0 aliphatic carbocycles. The zero-order valence-electron chi connectivity index (χ0n) is 15.4. The van der Waals surface area contributed by atoms with E-state index >= 15 is 0 Å². The number of piperidine rings is 1. The average Bonchev–Trinajstić information content (AvgIpc) is 3.17. The van der Waals surface area contributed by atoms with Crippen LogP contribution < -0.4 is 15.4 Å². The number of likely N-dealkylation sites (tertiary alicyclic amines) is 1. The van der Waals surface area contributed by atoms with Crippen molar-refractivity contribution in [1.82, 2.24) is 15.5 Å². The Morgan fingerprint density at radius 1 is 1.27 bits per heavy atom. The fraction of sp³-hybridized carbons (Fsp3) is 0.632. The van der Waals surface area contributed by atoms with Crippen LogP contribution in [0.4, 0.5) is 0 Å². The van der Waals surface area contributed by atoms with Gasteiger partial charge in [-0.1, -0.05) is 18.2 Å². The first-order valence-corrected chi connectivity index (χ1v) is 9.15. The molecule has 148 valence electrons. The summed E-state index contributed by atoms with van der Waals surface area (Å²) in [6, 6.07) is 8.36. The van der Waals surface area contributed by atoms with Crippen molar-refractivity contribution in [3.05, 3.63) is 29.8 Å². The molecule has 0 aromatic heterocycles. The second-order valence-electron chi connectivity index (χ2n) is 6.79. The minimum absolute atomic E-state index is 0. The molecule has 0 spiro atoms. The number of hydrogen-bond donors (Lipinski definition) is 2. The summed E-state index contributed by atoms with van der Waals surface area (Å²) >= 11 is 0. The predicted octanol–water partition coefficient (Wildman–Crippen LogP) is 2.79. The summed E-state index contributed by atoms with van der Waals surface area (Å²) in [5.41, 5.74) is 1.17. The summed E-state index contributed by atoms with van der Waals surface area (Å²) in [5.74, 6) is 1.19. The second-order valence-corrected chi connectivity index (χ2v) is 6.79. The zero-order valence-corrected chi connectivity index (χ0v) is 17.0. The SMILES string of the molecule is COc1ccccc1C(CNC(=O)C1CCCNC1)N1CCCC1.Cl.Cl. The van der Waals surface area contributed by atoms with E-state index in [9.17, 15) is 4.79 Å². The quantitative estimate of drug-likeness (QED) is 0.766. The highest BCUT2D eigenvalue weighted by molar-refractivity contribution is 5.85. The zero-order chi connectivity index (χ0) is 16.8. The maximum absolute atomic E-state index is 12.5. The number of rotatable bonds is 6. The predicted molar refractivity (Wildman–Crippen MR) is 110 cm³/mol. The number of hydrogen-bond acceptors (Lipinski definition) is 4. The molecule has 7 heteroatoms. The molecule has 1 amide bonds. The molecule has 0 bridgehead atoms. The third-order valence-corrected chi connectivity index (χ3v) is 5.22. The third kappa shape index (κ3) is 5.74. The monoisotopic (exact) mass is 403 g/mol. The normalized spacial score (nSPS) is 21.2. The van der Waals surface area contributed by atoms with Gasteiger partial charge >= 0.3 is 0 Å². The first kappa shape index (κ1) is 23.0. The van der Waals surface area contributed by atoms with Gasteiger partial charge in [0.05, 0.1) is 19.1 Å². The van der Waals surface area contributed by atoms with Crippen molar-refractivity contribution in [2.45, 2.75) is 31.7 Å². The molecule has 2 saturated heterocycles. The van der Waals surface area contributed by atoms with Crippen molar-refractivity contribution in [3.63, 3.8) is 0 Å². The fourth-order valence-corrected chi connectivity index (χ4v) is 3.85. The van der Waals surface area contributed by atoms with E-state index in [4.69, 9.17) is 4.74 Å². The molecule has 2 atom stereocenters. The molecule has 0 radical (unpaired) electrons. The van der Waals surface area contributed by atoms with Crippen LogP contribution in [0.25, 0.3) is 0 Å². The number of amides is 1. The van der Waals surface area contributed by atoms with Crippen LogP contribution in [0.1, 0.15) is 37.3 Å². The van der Waals surface area contributed by atoms with Crippen molar-refractivity contribution in [2.75, 3.05) is 39.8 Å². The molecule has 26 heavy (non-hydrogen) atoms. The number of benzene rings is 1. The van der Waals surface area contributed by atoms with E-state index in [1.165, 1.54) is 18.4 Å². The molecule has 2 N–H and O–H groups in total. The third-order valence-electron chi connectivity index (χ3n) is 5.22. The van der Waals surface area contributed by atoms with Gasteiger partial charge in [0, 0.05) is 18.7 Å².